The molecule has 3 nitrogen and oxygen atoms in total. The van der Waals surface area contributed by atoms with Gasteiger partial charge >= 0.3 is 0 Å². The van der Waals surface area contributed by atoms with Crippen molar-refractivity contribution in [3.05, 3.63) is 17.3 Å². The normalized spacial score (nSPS) is 17.6. The number of alkyl halides is 1. The van der Waals surface area contributed by atoms with Crippen LogP contribution < -0.4 is 4.90 Å². The second kappa shape index (κ2) is 5.02. The molecular weight excluding hydrogens is 266 g/mol. The van der Waals surface area contributed by atoms with E-state index in [9.17, 15) is 0 Å². The van der Waals surface area contributed by atoms with Gasteiger partial charge in [0.2, 0.25) is 0 Å². The van der Waals surface area contributed by atoms with E-state index in [1.807, 2.05) is 0 Å². The molecule has 0 radical (unpaired) electrons. The average Bonchev–Trinajstić information content (AvgIpc) is 2.82. The Bertz CT molecular complexity index is 546. The first-order valence-electron chi connectivity index (χ1n) is 6.40. The molecule has 0 aliphatic carbocycles. The lowest BCUT2D eigenvalue weighted by atomic mass is 10.1. The Morgan fingerprint density at radius 1 is 1.39 bits per heavy atom. The fourth-order valence-corrected chi connectivity index (χ4v) is 3.50. The molecule has 3 rings (SSSR count). The predicted molar refractivity (Wildman–Crippen MR) is 77.9 cm³/mol. The zero-order chi connectivity index (χ0) is 12.5. The molecule has 0 unspecified atom stereocenters. The summed E-state index contributed by atoms with van der Waals surface area (Å²) >= 11 is 7.93. The van der Waals surface area contributed by atoms with Crippen LogP contribution in [0.5, 0.6) is 0 Å². The van der Waals surface area contributed by atoms with Gasteiger partial charge in [-0.1, -0.05) is 6.92 Å². The topological polar surface area (TPSA) is 29.0 Å². The molecule has 1 saturated heterocycles. The minimum atomic E-state index is 0.326. The SMILES string of the molecule is CCc1cc2c(N3CCC(Cl)CC3)ncnc2s1. The first kappa shape index (κ1) is 12.2. The molecule has 5 heteroatoms. The standard InChI is InChI=1S/C13H16ClN3S/c1-2-10-7-11-12(15-8-16-13(11)18-10)17-5-3-9(14)4-6-17/h7-9H,2-6H2,1H3. The molecule has 96 valence electrons. The van der Waals surface area contributed by atoms with Gasteiger partial charge < -0.3 is 4.90 Å². The minimum Gasteiger partial charge on any atom is -0.356 e. The molecule has 1 fully saturated rings. The van der Waals surface area contributed by atoms with Crippen molar-refractivity contribution in [3.63, 3.8) is 0 Å². The number of aromatic nitrogens is 2. The summed E-state index contributed by atoms with van der Waals surface area (Å²) in [6.45, 7) is 4.17. The van der Waals surface area contributed by atoms with Crippen LogP contribution in [0.3, 0.4) is 0 Å². The van der Waals surface area contributed by atoms with Gasteiger partial charge in [0, 0.05) is 23.3 Å². The van der Waals surface area contributed by atoms with Gasteiger partial charge in [0.1, 0.15) is 17.0 Å². The van der Waals surface area contributed by atoms with Gasteiger partial charge in [-0.25, -0.2) is 9.97 Å². The van der Waals surface area contributed by atoms with Gasteiger partial charge in [-0.3, -0.25) is 0 Å². The highest BCUT2D eigenvalue weighted by molar-refractivity contribution is 7.18. The molecule has 1 aliphatic heterocycles. The molecule has 0 atom stereocenters. The van der Waals surface area contributed by atoms with Crippen LogP contribution in [-0.4, -0.2) is 28.4 Å². The maximum absolute atomic E-state index is 6.16. The Kier molecular flexibility index (Phi) is 3.39. The average molecular weight is 282 g/mol. The van der Waals surface area contributed by atoms with Crippen LogP contribution in [0.15, 0.2) is 12.4 Å². The van der Waals surface area contributed by atoms with Gasteiger partial charge in [0.25, 0.3) is 0 Å². The van der Waals surface area contributed by atoms with Crippen molar-refractivity contribution in [2.45, 2.75) is 31.6 Å². The Labute approximate surface area is 116 Å². The first-order valence-corrected chi connectivity index (χ1v) is 7.65. The number of halogens is 1. The number of aryl methyl sites for hydroxylation is 1. The first-order chi connectivity index (χ1) is 8.78. The van der Waals surface area contributed by atoms with Crippen LogP contribution in [-0.2, 0) is 6.42 Å². The summed E-state index contributed by atoms with van der Waals surface area (Å²) in [7, 11) is 0. The monoisotopic (exact) mass is 281 g/mol. The van der Waals surface area contributed by atoms with Crippen molar-refractivity contribution in [2.24, 2.45) is 0 Å². The van der Waals surface area contributed by atoms with E-state index < -0.39 is 0 Å². The highest BCUT2D eigenvalue weighted by Gasteiger charge is 2.20. The lowest BCUT2D eigenvalue weighted by Crippen LogP contribution is -2.34. The van der Waals surface area contributed by atoms with E-state index in [4.69, 9.17) is 11.6 Å². The van der Waals surface area contributed by atoms with Crippen LogP contribution in [0.4, 0.5) is 5.82 Å². The zero-order valence-electron chi connectivity index (χ0n) is 10.4. The van der Waals surface area contributed by atoms with Crippen molar-refractivity contribution in [1.29, 1.82) is 0 Å². The molecule has 1 aliphatic rings. The zero-order valence-corrected chi connectivity index (χ0v) is 12.0. The molecule has 0 saturated carbocycles. The summed E-state index contributed by atoms with van der Waals surface area (Å²) in [5, 5.41) is 1.53. The molecule has 0 spiro atoms. The Balaban J connectivity index is 1.98. The Hall–Kier alpha value is -0.870. The number of rotatable bonds is 2. The van der Waals surface area contributed by atoms with E-state index in [0.717, 1.165) is 43.0 Å². The van der Waals surface area contributed by atoms with E-state index in [2.05, 4.69) is 27.9 Å². The molecular formula is C13H16ClN3S. The second-order valence-corrected chi connectivity index (χ2v) is 6.38. The lowest BCUT2D eigenvalue weighted by Gasteiger charge is -2.30. The van der Waals surface area contributed by atoms with E-state index >= 15 is 0 Å². The van der Waals surface area contributed by atoms with Gasteiger partial charge in [-0.05, 0) is 25.3 Å². The molecule has 18 heavy (non-hydrogen) atoms. The van der Waals surface area contributed by atoms with Gasteiger partial charge in [0.05, 0.1) is 5.39 Å². The maximum atomic E-state index is 6.16. The molecule has 0 aromatic carbocycles. The van der Waals surface area contributed by atoms with Gasteiger partial charge in [-0.15, -0.1) is 22.9 Å². The van der Waals surface area contributed by atoms with Crippen LogP contribution in [0, 0.1) is 0 Å². The van der Waals surface area contributed by atoms with Crippen molar-refractivity contribution in [1.82, 2.24) is 9.97 Å². The largest absolute Gasteiger partial charge is 0.356 e. The number of piperidine rings is 1. The maximum Gasteiger partial charge on any atom is 0.140 e. The molecule has 0 bridgehead atoms. The van der Waals surface area contributed by atoms with Crippen molar-refractivity contribution in [2.75, 3.05) is 18.0 Å². The third-order valence-electron chi connectivity index (χ3n) is 3.43. The Morgan fingerprint density at radius 3 is 2.89 bits per heavy atom. The summed E-state index contributed by atoms with van der Waals surface area (Å²) in [6.07, 6.45) is 4.82. The quantitative estimate of drug-likeness (QED) is 0.790. The van der Waals surface area contributed by atoms with E-state index in [-0.39, 0.29) is 0 Å². The molecule has 2 aromatic rings. The van der Waals surface area contributed by atoms with Crippen molar-refractivity contribution < 1.29 is 0 Å². The molecule has 3 heterocycles. The van der Waals surface area contributed by atoms with Crippen molar-refractivity contribution in [3.8, 4) is 0 Å². The number of thiophene rings is 1. The molecule has 2 aromatic heterocycles. The summed E-state index contributed by atoms with van der Waals surface area (Å²) in [5.74, 6) is 1.08. The van der Waals surface area contributed by atoms with Gasteiger partial charge in [0.15, 0.2) is 0 Å². The number of hydrogen-bond acceptors (Lipinski definition) is 4. The number of hydrogen-bond donors (Lipinski definition) is 0. The van der Waals surface area contributed by atoms with Crippen LogP contribution >= 0.6 is 22.9 Å². The smallest absolute Gasteiger partial charge is 0.140 e. The summed E-state index contributed by atoms with van der Waals surface area (Å²) in [6, 6.07) is 2.24. The predicted octanol–water partition coefficient (Wildman–Crippen LogP) is 3.46. The van der Waals surface area contributed by atoms with Crippen molar-refractivity contribution >= 4 is 39.0 Å². The van der Waals surface area contributed by atoms with Gasteiger partial charge in [-0.2, -0.15) is 0 Å². The lowest BCUT2D eigenvalue weighted by molar-refractivity contribution is 0.581. The highest BCUT2D eigenvalue weighted by Crippen LogP contribution is 2.32. The summed E-state index contributed by atoms with van der Waals surface area (Å²) in [5.41, 5.74) is 0. The Morgan fingerprint density at radius 2 is 2.17 bits per heavy atom. The van der Waals surface area contributed by atoms with E-state index in [1.165, 1.54) is 10.3 Å². The number of nitrogens with zero attached hydrogens (tertiary/aromatic N) is 3. The fourth-order valence-electron chi connectivity index (χ4n) is 2.38. The number of fused-ring (bicyclic) bond motifs is 1. The number of anilines is 1. The third kappa shape index (κ3) is 2.19. The highest BCUT2D eigenvalue weighted by atomic mass is 35.5. The van der Waals surface area contributed by atoms with Crippen LogP contribution in [0.25, 0.3) is 10.2 Å². The fraction of sp³-hybridized carbons (Fsp3) is 0.538. The van der Waals surface area contributed by atoms with Crippen LogP contribution in [0.1, 0.15) is 24.6 Å². The molecule has 0 N–H and O–H groups in total. The second-order valence-electron chi connectivity index (χ2n) is 4.64. The minimum absolute atomic E-state index is 0.326. The molecule has 0 amide bonds. The van der Waals surface area contributed by atoms with E-state index in [1.54, 1.807) is 17.7 Å². The van der Waals surface area contributed by atoms with Crippen LogP contribution in [0.2, 0.25) is 0 Å². The van der Waals surface area contributed by atoms with E-state index in [0.29, 0.717) is 5.38 Å². The summed E-state index contributed by atoms with van der Waals surface area (Å²) < 4.78 is 0. The summed E-state index contributed by atoms with van der Waals surface area (Å²) in [4.78, 5) is 13.7. The third-order valence-corrected chi connectivity index (χ3v) is 5.06.